The number of furan rings is 1. The van der Waals surface area contributed by atoms with Crippen LogP contribution in [0.3, 0.4) is 0 Å². The Morgan fingerprint density at radius 2 is 1.90 bits per heavy atom. The third-order valence-electron chi connectivity index (χ3n) is 4.13. The summed E-state index contributed by atoms with van der Waals surface area (Å²) >= 11 is 3.32. The molecule has 0 amide bonds. The minimum Gasteiger partial charge on any atom is -0.497 e. The van der Waals surface area contributed by atoms with Crippen LogP contribution in [-0.2, 0) is 0 Å². The monoisotopic (exact) mass is 457 g/mol. The van der Waals surface area contributed by atoms with Crippen LogP contribution in [0.25, 0.3) is 17.4 Å². The van der Waals surface area contributed by atoms with Crippen LogP contribution in [0.4, 0.5) is 5.69 Å². The fraction of sp³-hybridized carbons (Fsp3) is 0.0952. The van der Waals surface area contributed by atoms with E-state index in [0.717, 1.165) is 0 Å². The van der Waals surface area contributed by atoms with Crippen molar-refractivity contribution in [2.24, 2.45) is 0 Å². The molecule has 2 aromatic carbocycles. The molecule has 0 fully saturated rings. The lowest BCUT2D eigenvalue weighted by Crippen LogP contribution is -1.99. The normalized spacial score (nSPS) is 10.9. The highest BCUT2D eigenvalue weighted by Crippen LogP contribution is 2.33. The fourth-order valence-corrected chi connectivity index (χ4v) is 3.22. The van der Waals surface area contributed by atoms with Crippen molar-refractivity contribution in [1.82, 2.24) is 0 Å². The van der Waals surface area contributed by atoms with E-state index in [9.17, 15) is 14.9 Å². The summed E-state index contributed by atoms with van der Waals surface area (Å²) in [6.45, 7) is 0. The smallest absolute Gasteiger partial charge is 0.270 e. The lowest BCUT2D eigenvalue weighted by Gasteiger charge is -2.07. The molecule has 3 aromatic rings. The van der Waals surface area contributed by atoms with Gasteiger partial charge < -0.3 is 13.9 Å². The van der Waals surface area contributed by atoms with Crippen LogP contribution in [0.5, 0.6) is 11.5 Å². The second-order valence-electron chi connectivity index (χ2n) is 5.89. The summed E-state index contributed by atoms with van der Waals surface area (Å²) < 4.78 is 16.7. The van der Waals surface area contributed by atoms with E-state index in [2.05, 4.69) is 15.9 Å². The van der Waals surface area contributed by atoms with Crippen molar-refractivity contribution in [2.45, 2.75) is 0 Å². The summed E-state index contributed by atoms with van der Waals surface area (Å²) in [5.74, 6) is 1.73. The summed E-state index contributed by atoms with van der Waals surface area (Å²) in [5.41, 5.74) is 1.04. The van der Waals surface area contributed by atoms with Gasteiger partial charge in [-0.2, -0.15) is 0 Å². The van der Waals surface area contributed by atoms with E-state index in [0.29, 0.717) is 38.6 Å². The van der Waals surface area contributed by atoms with Crippen LogP contribution in [-0.4, -0.2) is 24.9 Å². The molecule has 0 aliphatic rings. The zero-order chi connectivity index (χ0) is 21.0. The van der Waals surface area contributed by atoms with E-state index in [1.54, 1.807) is 42.5 Å². The summed E-state index contributed by atoms with van der Waals surface area (Å²) in [5, 5.41) is 10.9. The van der Waals surface area contributed by atoms with Gasteiger partial charge in [0.25, 0.3) is 5.69 Å². The zero-order valence-corrected chi connectivity index (χ0v) is 17.1. The molecule has 8 heteroatoms. The second kappa shape index (κ2) is 8.74. The number of carbonyl (C=O) groups is 1. The molecule has 0 atom stereocenters. The number of rotatable bonds is 7. The first-order chi connectivity index (χ1) is 13.9. The first-order valence-electron chi connectivity index (χ1n) is 8.41. The van der Waals surface area contributed by atoms with Crippen molar-refractivity contribution < 1.29 is 23.6 Å². The number of nitro groups is 1. The standard InChI is InChI=1S/C21H16BrNO6/c1-27-15-4-8-17(21(12-15)28-2)19(24)9-5-14-6-10-20(29-14)16-7-3-13(23(25)26)11-18(16)22/h3-12H,1-2H3. The van der Waals surface area contributed by atoms with E-state index < -0.39 is 4.92 Å². The molecular weight excluding hydrogens is 442 g/mol. The molecule has 1 heterocycles. The van der Waals surface area contributed by atoms with Crippen LogP contribution in [0.2, 0.25) is 0 Å². The van der Waals surface area contributed by atoms with Crippen LogP contribution < -0.4 is 9.47 Å². The van der Waals surface area contributed by atoms with E-state index in [1.165, 1.54) is 32.4 Å². The molecule has 29 heavy (non-hydrogen) atoms. The van der Waals surface area contributed by atoms with Gasteiger partial charge in [-0.1, -0.05) is 0 Å². The van der Waals surface area contributed by atoms with Gasteiger partial charge in [-0.05, 0) is 58.4 Å². The number of halogens is 1. The number of nitro benzene ring substituents is 1. The summed E-state index contributed by atoms with van der Waals surface area (Å²) in [7, 11) is 3.02. The van der Waals surface area contributed by atoms with Gasteiger partial charge in [-0.25, -0.2) is 0 Å². The van der Waals surface area contributed by atoms with E-state index in [-0.39, 0.29) is 11.5 Å². The van der Waals surface area contributed by atoms with Crippen molar-refractivity contribution >= 4 is 33.5 Å². The predicted molar refractivity (Wildman–Crippen MR) is 111 cm³/mol. The van der Waals surface area contributed by atoms with Crippen molar-refractivity contribution in [3.63, 3.8) is 0 Å². The molecule has 0 aliphatic heterocycles. The van der Waals surface area contributed by atoms with Crippen LogP contribution in [0.15, 0.2) is 63.5 Å². The Kier molecular flexibility index (Phi) is 6.13. The Morgan fingerprint density at radius 3 is 2.55 bits per heavy atom. The number of allylic oxidation sites excluding steroid dienone is 1. The molecule has 7 nitrogen and oxygen atoms in total. The number of ketones is 1. The number of hydrogen-bond acceptors (Lipinski definition) is 6. The number of methoxy groups -OCH3 is 2. The summed E-state index contributed by atoms with van der Waals surface area (Å²) in [4.78, 5) is 22.9. The van der Waals surface area contributed by atoms with Crippen molar-refractivity contribution in [3.8, 4) is 22.8 Å². The Morgan fingerprint density at radius 1 is 1.10 bits per heavy atom. The molecule has 1 aromatic heterocycles. The van der Waals surface area contributed by atoms with Gasteiger partial charge in [0.15, 0.2) is 5.78 Å². The van der Waals surface area contributed by atoms with Gasteiger partial charge in [-0.15, -0.1) is 0 Å². The van der Waals surface area contributed by atoms with E-state index >= 15 is 0 Å². The SMILES string of the molecule is COc1ccc(C(=O)C=Cc2ccc(-c3ccc([N+](=O)[O-])cc3Br)o2)c(OC)c1. The molecule has 3 rings (SSSR count). The average molecular weight is 458 g/mol. The van der Waals surface area contributed by atoms with Gasteiger partial charge in [-0.3, -0.25) is 14.9 Å². The average Bonchev–Trinajstić information content (AvgIpc) is 3.20. The van der Waals surface area contributed by atoms with Gasteiger partial charge in [0.1, 0.15) is 23.0 Å². The van der Waals surface area contributed by atoms with Crippen LogP contribution in [0.1, 0.15) is 16.1 Å². The van der Waals surface area contributed by atoms with Gasteiger partial charge >= 0.3 is 0 Å². The first-order valence-corrected chi connectivity index (χ1v) is 9.21. The number of nitrogens with zero attached hydrogens (tertiary/aromatic N) is 1. The second-order valence-corrected chi connectivity index (χ2v) is 6.74. The Labute approximate surface area is 174 Å². The highest BCUT2D eigenvalue weighted by Gasteiger charge is 2.14. The molecule has 0 aliphatic carbocycles. The maximum absolute atomic E-state index is 12.5. The van der Waals surface area contributed by atoms with Gasteiger partial charge in [0.2, 0.25) is 0 Å². The lowest BCUT2D eigenvalue weighted by atomic mass is 10.1. The first kappa shape index (κ1) is 20.3. The minimum atomic E-state index is -0.468. The highest BCUT2D eigenvalue weighted by molar-refractivity contribution is 9.10. The largest absolute Gasteiger partial charge is 0.497 e. The Balaban J connectivity index is 1.81. The number of non-ortho nitro benzene ring substituents is 1. The van der Waals surface area contributed by atoms with Crippen molar-refractivity contribution in [3.05, 3.63) is 80.5 Å². The summed E-state index contributed by atoms with van der Waals surface area (Å²) in [6, 6.07) is 12.8. The molecule has 148 valence electrons. The van der Waals surface area contributed by atoms with Gasteiger partial charge in [0.05, 0.1) is 24.7 Å². The van der Waals surface area contributed by atoms with Crippen LogP contribution >= 0.6 is 15.9 Å². The van der Waals surface area contributed by atoms with E-state index in [1.807, 2.05) is 0 Å². The summed E-state index contributed by atoms with van der Waals surface area (Å²) in [6.07, 6.45) is 2.94. The fourth-order valence-electron chi connectivity index (χ4n) is 2.65. The maximum atomic E-state index is 12.5. The maximum Gasteiger partial charge on any atom is 0.270 e. The minimum absolute atomic E-state index is 0.0219. The third-order valence-corrected chi connectivity index (χ3v) is 4.78. The third kappa shape index (κ3) is 4.55. The molecule has 0 N–H and O–H groups in total. The quantitative estimate of drug-likeness (QED) is 0.200. The van der Waals surface area contributed by atoms with Gasteiger partial charge in [0, 0.05) is 28.2 Å². The highest BCUT2D eigenvalue weighted by atomic mass is 79.9. The van der Waals surface area contributed by atoms with Crippen LogP contribution in [0, 0.1) is 10.1 Å². The molecule has 0 saturated heterocycles. The van der Waals surface area contributed by atoms with Crippen molar-refractivity contribution in [1.29, 1.82) is 0 Å². The zero-order valence-electron chi connectivity index (χ0n) is 15.5. The molecule has 0 spiro atoms. The molecule has 0 unspecified atom stereocenters. The van der Waals surface area contributed by atoms with Crippen molar-refractivity contribution in [2.75, 3.05) is 14.2 Å². The lowest BCUT2D eigenvalue weighted by molar-refractivity contribution is -0.384. The van der Waals surface area contributed by atoms with E-state index in [4.69, 9.17) is 13.9 Å². The molecule has 0 saturated carbocycles. The molecular formula is C21H16BrNO6. The Hall–Kier alpha value is -3.39. The number of carbonyl (C=O) groups excluding carboxylic acids is 1. The number of hydrogen-bond donors (Lipinski definition) is 0. The molecule has 0 bridgehead atoms. The topological polar surface area (TPSA) is 91.8 Å². The Bertz CT molecular complexity index is 1100. The predicted octanol–water partition coefficient (Wildman–Crippen LogP) is 5.53. The number of ether oxygens (including phenoxy) is 2. The molecule has 0 radical (unpaired) electrons. The number of benzene rings is 2.